The van der Waals surface area contributed by atoms with E-state index in [2.05, 4.69) is 11.9 Å². The lowest BCUT2D eigenvalue weighted by molar-refractivity contribution is 0.0971. The van der Waals surface area contributed by atoms with Crippen LogP contribution in [0.15, 0.2) is 57.7 Å². The molecule has 0 spiro atoms. The molecule has 0 fully saturated rings. The molecule has 0 saturated carbocycles. The number of benzene rings is 2. The molecule has 1 amide bonds. The zero-order chi connectivity index (χ0) is 24.5. The number of carbonyl (C=O) groups excluding carboxylic acids is 1. The first-order chi connectivity index (χ1) is 17.0. The van der Waals surface area contributed by atoms with E-state index < -0.39 is 6.04 Å². The first kappa shape index (κ1) is 23.3. The zero-order valence-corrected chi connectivity index (χ0v) is 21.0. The van der Waals surface area contributed by atoms with Crippen LogP contribution in [0, 0.1) is 13.8 Å². The van der Waals surface area contributed by atoms with Crippen molar-refractivity contribution in [2.45, 2.75) is 52.5 Å². The van der Waals surface area contributed by atoms with Crippen molar-refractivity contribution in [2.75, 3.05) is 11.5 Å². The fourth-order valence-corrected chi connectivity index (χ4v) is 5.39. The maximum atomic E-state index is 13.6. The van der Waals surface area contributed by atoms with Gasteiger partial charge in [0.05, 0.1) is 29.3 Å². The van der Waals surface area contributed by atoms with E-state index in [0.717, 1.165) is 34.7 Å². The van der Waals surface area contributed by atoms with Gasteiger partial charge in [-0.15, -0.1) is 11.3 Å². The topological polar surface area (TPSA) is 72.6 Å². The van der Waals surface area contributed by atoms with Gasteiger partial charge in [0.2, 0.25) is 5.76 Å². The van der Waals surface area contributed by atoms with Gasteiger partial charge in [-0.1, -0.05) is 50.5 Å². The highest BCUT2D eigenvalue weighted by molar-refractivity contribution is 7.15. The number of aryl methyl sites for hydroxylation is 2. The largest absolute Gasteiger partial charge is 0.494 e. The third-order valence-corrected chi connectivity index (χ3v) is 7.54. The molecule has 5 rings (SSSR count). The summed E-state index contributed by atoms with van der Waals surface area (Å²) in [6, 6.07) is 14.1. The molecule has 6 nitrogen and oxygen atoms in total. The molecule has 1 unspecified atom stereocenters. The number of unbranched alkanes of at least 4 members (excludes halogenated alkanes) is 3. The minimum atomic E-state index is -0.623. The Morgan fingerprint density at radius 1 is 1.03 bits per heavy atom. The van der Waals surface area contributed by atoms with Gasteiger partial charge in [-0.05, 0) is 50.1 Å². The highest BCUT2D eigenvalue weighted by atomic mass is 32.1. The van der Waals surface area contributed by atoms with Crippen molar-refractivity contribution in [2.24, 2.45) is 0 Å². The van der Waals surface area contributed by atoms with Crippen molar-refractivity contribution in [1.82, 2.24) is 4.98 Å². The molecule has 1 aliphatic rings. The molecule has 0 bridgehead atoms. The Morgan fingerprint density at radius 2 is 1.80 bits per heavy atom. The molecule has 2 aromatic heterocycles. The number of ether oxygens (including phenoxy) is 1. The standard InChI is InChI=1S/C28H28N2O4S/c1-4-5-6-9-16-33-20-14-12-19(13-15-20)24-23-25(31)21-10-7-8-11-22(21)34-26(23)27(32)30(24)28-29-17(2)18(3)35-28/h7-8,10-15,24H,4-6,9,16H2,1-3H3. The number of fused-ring (bicyclic) bond motifs is 2. The molecule has 7 heteroatoms. The fraction of sp³-hybridized carbons (Fsp3) is 0.321. The lowest BCUT2D eigenvalue weighted by atomic mass is 9.98. The Balaban J connectivity index is 1.56. The van der Waals surface area contributed by atoms with Crippen LogP contribution in [0.25, 0.3) is 11.0 Å². The first-order valence-corrected chi connectivity index (χ1v) is 12.9. The highest BCUT2D eigenvalue weighted by Crippen LogP contribution is 2.43. The number of rotatable bonds is 8. The van der Waals surface area contributed by atoms with Crippen molar-refractivity contribution in [1.29, 1.82) is 0 Å². The van der Waals surface area contributed by atoms with E-state index in [4.69, 9.17) is 9.15 Å². The monoisotopic (exact) mass is 488 g/mol. The third kappa shape index (κ3) is 4.25. The van der Waals surface area contributed by atoms with Gasteiger partial charge in [-0.3, -0.25) is 14.5 Å². The van der Waals surface area contributed by atoms with E-state index in [1.54, 1.807) is 29.2 Å². The van der Waals surface area contributed by atoms with Crippen LogP contribution in [0.2, 0.25) is 0 Å². The smallest absolute Gasteiger partial charge is 0.297 e. The number of thiazole rings is 1. The second-order valence-corrected chi connectivity index (χ2v) is 10.0. The highest BCUT2D eigenvalue weighted by Gasteiger charge is 2.45. The molecular formula is C28H28N2O4S. The maximum Gasteiger partial charge on any atom is 0.297 e. The summed E-state index contributed by atoms with van der Waals surface area (Å²) in [5.74, 6) is 0.506. The average Bonchev–Trinajstić information content (AvgIpc) is 3.35. The van der Waals surface area contributed by atoms with Crippen molar-refractivity contribution in [3.05, 3.63) is 86.2 Å². The Morgan fingerprint density at radius 3 is 2.51 bits per heavy atom. The predicted molar refractivity (Wildman–Crippen MR) is 139 cm³/mol. The van der Waals surface area contributed by atoms with Crippen molar-refractivity contribution in [3.8, 4) is 5.75 Å². The molecule has 1 atom stereocenters. The van der Waals surface area contributed by atoms with Crippen LogP contribution in [0.5, 0.6) is 5.75 Å². The quantitative estimate of drug-likeness (QED) is 0.262. The lowest BCUT2D eigenvalue weighted by Crippen LogP contribution is -2.29. The molecule has 0 radical (unpaired) electrons. The summed E-state index contributed by atoms with van der Waals surface area (Å²) in [5.41, 5.74) is 2.24. The Kier molecular flexibility index (Phi) is 6.43. The Bertz CT molecular complexity index is 1420. The normalized spacial score (nSPS) is 15.1. The van der Waals surface area contributed by atoms with Gasteiger partial charge >= 0.3 is 0 Å². The molecule has 1 aliphatic heterocycles. The Hall–Kier alpha value is -3.45. The van der Waals surface area contributed by atoms with E-state index in [1.807, 2.05) is 38.1 Å². The summed E-state index contributed by atoms with van der Waals surface area (Å²) in [4.78, 5) is 34.5. The predicted octanol–water partition coefficient (Wildman–Crippen LogP) is 6.58. The van der Waals surface area contributed by atoms with Gasteiger partial charge in [-0.25, -0.2) is 4.98 Å². The SMILES string of the molecule is CCCCCCOc1ccc(C2c3c(oc4ccccc4c3=O)C(=O)N2c2nc(C)c(C)s2)cc1. The van der Waals surface area contributed by atoms with E-state index in [9.17, 15) is 9.59 Å². The van der Waals surface area contributed by atoms with Crippen LogP contribution in [-0.2, 0) is 0 Å². The van der Waals surface area contributed by atoms with Gasteiger partial charge in [0.25, 0.3) is 5.91 Å². The number of carbonyl (C=O) groups is 1. The molecule has 0 saturated heterocycles. The molecule has 3 heterocycles. The summed E-state index contributed by atoms with van der Waals surface area (Å²) in [5, 5.41) is 1.02. The fourth-order valence-electron chi connectivity index (χ4n) is 4.46. The van der Waals surface area contributed by atoms with E-state index in [-0.39, 0.29) is 17.1 Å². The molecule has 0 aliphatic carbocycles. The van der Waals surface area contributed by atoms with Gasteiger partial charge < -0.3 is 9.15 Å². The third-order valence-electron chi connectivity index (χ3n) is 6.46. The summed E-state index contributed by atoms with van der Waals surface area (Å²) in [6.07, 6.45) is 4.57. The molecular weight excluding hydrogens is 460 g/mol. The van der Waals surface area contributed by atoms with Gasteiger partial charge in [0.15, 0.2) is 10.6 Å². The number of hydrogen-bond donors (Lipinski definition) is 0. The average molecular weight is 489 g/mol. The van der Waals surface area contributed by atoms with Gasteiger partial charge in [0, 0.05) is 4.88 Å². The van der Waals surface area contributed by atoms with Crippen molar-refractivity contribution in [3.63, 3.8) is 0 Å². The van der Waals surface area contributed by atoms with E-state index in [1.165, 1.54) is 24.2 Å². The van der Waals surface area contributed by atoms with Crippen LogP contribution >= 0.6 is 11.3 Å². The number of nitrogens with zero attached hydrogens (tertiary/aromatic N) is 2. The van der Waals surface area contributed by atoms with Crippen molar-refractivity contribution < 1.29 is 13.9 Å². The summed E-state index contributed by atoms with van der Waals surface area (Å²) in [6.45, 7) is 6.75. The molecule has 35 heavy (non-hydrogen) atoms. The van der Waals surface area contributed by atoms with E-state index in [0.29, 0.717) is 28.3 Å². The van der Waals surface area contributed by atoms with Crippen LogP contribution in [0.1, 0.15) is 70.9 Å². The first-order valence-electron chi connectivity index (χ1n) is 12.1. The van der Waals surface area contributed by atoms with Crippen LogP contribution in [-0.4, -0.2) is 17.5 Å². The van der Waals surface area contributed by atoms with Crippen LogP contribution in [0.4, 0.5) is 5.13 Å². The summed E-state index contributed by atoms with van der Waals surface area (Å²) >= 11 is 1.44. The van der Waals surface area contributed by atoms with Gasteiger partial charge in [0.1, 0.15) is 11.3 Å². The molecule has 4 aromatic rings. The number of para-hydroxylation sites is 1. The summed E-state index contributed by atoms with van der Waals surface area (Å²) < 4.78 is 11.9. The number of amides is 1. The second kappa shape index (κ2) is 9.66. The van der Waals surface area contributed by atoms with E-state index >= 15 is 0 Å². The maximum absolute atomic E-state index is 13.6. The summed E-state index contributed by atoms with van der Waals surface area (Å²) in [7, 11) is 0. The molecule has 180 valence electrons. The molecule has 0 N–H and O–H groups in total. The lowest BCUT2D eigenvalue weighted by Gasteiger charge is -2.22. The minimum absolute atomic E-state index is 0.0838. The zero-order valence-electron chi connectivity index (χ0n) is 20.2. The van der Waals surface area contributed by atoms with Crippen LogP contribution < -0.4 is 15.1 Å². The minimum Gasteiger partial charge on any atom is -0.494 e. The second-order valence-electron chi connectivity index (χ2n) is 8.86. The molecule has 2 aromatic carbocycles. The van der Waals surface area contributed by atoms with Crippen LogP contribution in [0.3, 0.4) is 0 Å². The number of hydrogen-bond acceptors (Lipinski definition) is 6. The Labute approximate surface area is 208 Å². The number of aromatic nitrogens is 1. The number of anilines is 1. The van der Waals surface area contributed by atoms with Crippen molar-refractivity contribution >= 4 is 33.3 Å². The van der Waals surface area contributed by atoms with Gasteiger partial charge in [-0.2, -0.15) is 0 Å².